The molecule has 96 valence electrons. The third-order valence-corrected chi connectivity index (χ3v) is 3.86. The lowest BCUT2D eigenvalue weighted by molar-refractivity contribution is 0.501. The lowest BCUT2D eigenvalue weighted by atomic mass is 10.0. The van der Waals surface area contributed by atoms with Crippen LogP contribution >= 0.6 is 27.5 Å². The second-order valence-electron chi connectivity index (χ2n) is 3.56. The van der Waals surface area contributed by atoms with Gasteiger partial charge in [-0.1, -0.05) is 4.49 Å². The minimum absolute atomic E-state index is 0.0271. The van der Waals surface area contributed by atoms with E-state index in [0.717, 1.165) is 16.4 Å². The van der Waals surface area contributed by atoms with Crippen molar-refractivity contribution in [2.24, 2.45) is 5.84 Å². The first kappa shape index (κ1) is 13.5. The van der Waals surface area contributed by atoms with Crippen LogP contribution < -0.4 is 11.3 Å². The summed E-state index contributed by atoms with van der Waals surface area (Å²) >= 11 is 4.16. The molecule has 1 atom stereocenters. The molecule has 0 aliphatic rings. The summed E-state index contributed by atoms with van der Waals surface area (Å²) in [5.74, 6) is 4.17. The van der Waals surface area contributed by atoms with Crippen molar-refractivity contribution in [3.8, 4) is 0 Å². The summed E-state index contributed by atoms with van der Waals surface area (Å²) in [5, 5.41) is 3.67. The molecule has 0 spiro atoms. The first-order valence-corrected chi connectivity index (χ1v) is 6.56. The average molecular weight is 335 g/mol. The fourth-order valence-electron chi connectivity index (χ4n) is 1.53. The highest BCUT2D eigenvalue weighted by atomic mass is 79.9. The highest BCUT2D eigenvalue weighted by Crippen LogP contribution is 2.26. The van der Waals surface area contributed by atoms with Crippen LogP contribution in [0.15, 0.2) is 22.8 Å². The first-order chi connectivity index (χ1) is 8.63. The molecule has 4 nitrogen and oxygen atoms in total. The second-order valence-corrected chi connectivity index (χ2v) is 5.24. The molecule has 0 radical (unpaired) electrons. The van der Waals surface area contributed by atoms with Gasteiger partial charge < -0.3 is 0 Å². The topological polar surface area (TPSA) is 63.8 Å². The molecule has 1 unspecified atom stereocenters. The van der Waals surface area contributed by atoms with Gasteiger partial charge in [-0.05, 0) is 46.0 Å². The Morgan fingerprint density at radius 2 is 2.22 bits per heavy atom. The summed E-state index contributed by atoms with van der Waals surface area (Å²) in [7, 11) is 0. The number of nitrogens with zero attached hydrogens (tertiary/aromatic N) is 2. The van der Waals surface area contributed by atoms with Crippen LogP contribution in [0.1, 0.15) is 16.5 Å². The minimum atomic E-state index is -0.618. The molecule has 18 heavy (non-hydrogen) atoms. The maximum absolute atomic E-state index is 13.8. The minimum Gasteiger partial charge on any atom is -0.271 e. The summed E-state index contributed by atoms with van der Waals surface area (Å²) in [5.41, 5.74) is 2.48. The van der Waals surface area contributed by atoms with E-state index in [-0.39, 0.29) is 16.5 Å². The van der Waals surface area contributed by atoms with Crippen LogP contribution in [0.25, 0.3) is 0 Å². The molecule has 0 aliphatic carbocycles. The van der Waals surface area contributed by atoms with E-state index in [0.29, 0.717) is 0 Å². The summed E-state index contributed by atoms with van der Waals surface area (Å²) in [6.45, 7) is 0. The lowest BCUT2D eigenvalue weighted by Crippen LogP contribution is -2.29. The largest absolute Gasteiger partial charge is 0.271 e. The lowest BCUT2D eigenvalue weighted by Gasteiger charge is -2.14. The highest BCUT2D eigenvalue weighted by Gasteiger charge is 2.19. The average Bonchev–Trinajstić information content (AvgIpc) is 2.88. The number of hydrogen-bond donors (Lipinski definition) is 2. The zero-order valence-corrected chi connectivity index (χ0v) is 11.4. The maximum Gasteiger partial charge on any atom is 0.143 e. The predicted octanol–water partition coefficient (Wildman–Crippen LogP) is 2.33. The van der Waals surface area contributed by atoms with Gasteiger partial charge in [-0.2, -0.15) is 0 Å². The van der Waals surface area contributed by atoms with E-state index in [4.69, 9.17) is 5.84 Å². The van der Waals surface area contributed by atoms with Gasteiger partial charge in [-0.3, -0.25) is 11.3 Å². The van der Waals surface area contributed by atoms with Crippen LogP contribution in [-0.4, -0.2) is 9.59 Å². The number of rotatable bonds is 4. The monoisotopic (exact) mass is 334 g/mol. The first-order valence-electron chi connectivity index (χ1n) is 4.99. The smallest absolute Gasteiger partial charge is 0.143 e. The van der Waals surface area contributed by atoms with Gasteiger partial charge in [0.15, 0.2) is 0 Å². The van der Waals surface area contributed by atoms with E-state index in [1.807, 2.05) is 0 Å². The summed E-state index contributed by atoms with van der Waals surface area (Å²) < 4.78 is 31.3. The van der Waals surface area contributed by atoms with Crippen LogP contribution in [-0.2, 0) is 6.42 Å². The van der Waals surface area contributed by atoms with E-state index in [1.165, 1.54) is 18.3 Å². The van der Waals surface area contributed by atoms with Gasteiger partial charge in [0.2, 0.25) is 0 Å². The molecular weight excluding hydrogens is 326 g/mol. The molecular formula is C10H9BrF2N4S. The molecule has 8 heteroatoms. The van der Waals surface area contributed by atoms with Crippen LogP contribution in [0.3, 0.4) is 0 Å². The van der Waals surface area contributed by atoms with Gasteiger partial charge in [0, 0.05) is 5.56 Å². The van der Waals surface area contributed by atoms with Gasteiger partial charge >= 0.3 is 0 Å². The van der Waals surface area contributed by atoms with Crippen molar-refractivity contribution in [2.75, 3.05) is 0 Å². The predicted molar refractivity (Wildman–Crippen MR) is 67.7 cm³/mol. The van der Waals surface area contributed by atoms with Crippen molar-refractivity contribution >= 4 is 27.5 Å². The van der Waals surface area contributed by atoms with Crippen LogP contribution in [0.2, 0.25) is 0 Å². The molecule has 0 saturated carbocycles. The van der Waals surface area contributed by atoms with Crippen LogP contribution in [0.5, 0.6) is 0 Å². The zero-order chi connectivity index (χ0) is 13.1. The molecule has 0 saturated heterocycles. The maximum atomic E-state index is 13.8. The molecule has 0 amide bonds. The van der Waals surface area contributed by atoms with Crippen molar-refractivity contribution in [3.05, 3.63) is 44.9 Å². The Hall–Kier alpha value is -0.960. The van der Waals surface area contributed by atoms with Crippen molar-refractivity contribution in [1.29, 1.82) is 0 Å². The summed E-state index contributed by atoms with van der Waals surface area (Å²) in [6, 6.07) is 2.11. The Bertz CT molecular complexity index is 535. The molecule has 3 N–H and O–H groups in total. The molecule has 1 aromatic heterocycles. The van der Waals surface area contributed by atoms with E-state index in [2.05, 4.69) is 30.9 Å². The number of halogens is 3. The molecule has 0 bridgehead atoms. The summed E-state index contributed by atoms with van der Waals surface area (Å²) in [6.07, 6.45) is 1.60. The zero-order valence-electron chi connectivity index (χ0n) is 9.03. The number of nitrogens with one attached hydrogen (secondary N) is 1. The van der Waals surface area contributed by atoms with Crippen LogP contribution in [0.4, 0.5) is 8.78 Å². The van der Waals surface area contributed by atoms with Crippen molar-refractivity contribution in [1.82, 2.24) is 15.0 Å². The van der Waals surface area contributed by atoms with E-state index in [9.17, 15) is 8.78 Å². The number of nitrogens with two attached hydrogens (primary N) is 1. The van der Waals surface area contributed by atoms with E-state index in [1.54, 1.807) is 0 Å². The Balaban J connectivity index is 2.30. The second kappa shape index (κ2) is 5.79. The molecule has 1 heterocycles. The van der Waals surface area contributed by atoms with Crippen molar-refractivity contribution < 1.29 is 8.78 Å². The van der Waals surface area contributed by atoms with Gasteiger partial charge in [0.1, 0.15) is 11.6 Å². The quantitative estimate of drug-likeness (QED) is 0.511. The molecule has 0 aliphatic heterocycles. The third-order valence-electron chi connectivity index (χ3n) is 2.47. The van der Waals surface area contributed by atoms with Crippen molar-refractivity contribution in [2.45, 2.75) is 12.5 Å². The normalized spacial score (nSPS) is 12.7. The Morgan fingerprint density at radius 1 is 1.44 bits per heavy atom. The summed E-state index contributed by atoms with van der Waals surface area (Å²) in [4.78, 5) is 0.719. The van der Waals surface area contributed by atoms with Gasteiger partial charge in [0.05, 0.1) is 21.6 Å². The Morgan fingerprint density at radius 3 is 2.83 bits per heavy atom. The standard InChI is InChI=1S/C10H9BrF2N4S/c11-6-1-2-7(12)5(10(6)13)3-8(16-14)9-4-15-17-18-9/h1-2,4,8,16H,3,14H2. The number of aromatic nitrogens is 2. The van der Waals surface area contributed by atoms with Gasteiger partial charge in [-0.25, -0.2) is 8.78 Å². The number of benzene rings is 1. The third kappa shape index (κ3) is 2.72. The van der Waals surface area contributed by atoms with Gasteiger partial charge in [-0.15, -0.1) is 5.10 Å². The molecule has 1 aromatic carbocycles. The molecule has 2 aromatic rings. The number of hydrogen-bond acceptors (Lipinski definition) is 5. The Kier molecular flexibility index (Phi) is 4.33. The SMILES string of the molecule is NNC(Cc1c(F)ccc(Br)c1F)c1cnns1. The Labute approximate surface area is 114 Å². The fourth-order valence-corrected chi connectivity index (χ4v) is 2.46. The van der Waals surface area contributed by atoms with Crippen LogP contribution in [0, 0.1) is 11.6 Å². The molecule has 0 fully saturated rings. The van der Waals surface area contributed by atoms with E-state index < -0.39 is 17.7 Å². The molecule has 2 rings (SSSR count). The highest BCUT2D eigenvalue weighted by molar-refractivity contribution is 9.10. The number of hydrazine groups is 1. The fraction of sp³-hybridized carbons (Fsp3) is 0.200. The van der Waals surface area contributed by atoms with Gasteiger partial charge in [0.25, 0.3) is 0 Å². The van der Waals surface area contributed by atoms with E-state index >= 15 is 0 Å². The van der Waals surface area contributed by atoms with Crippen molar-refractivity contribution in [3.63, 3.8) is 0 Å².